The Morgan fingerprint density at radius 3 is 3.00 bits per heavy atom. The average molecular weight is 233 g/mol. The van der Waals surface area contributed by atoms with Crippen molar-refractivity contribution in [2.45, 2.75) is 13.3 Å². The van der Waals surface area contributed by atoms with E-state index in [1.54, 1.807) is 6.07 Å². The molecular formula is C10H7N3O2S. The van der Waals surface area contributed by atoms with Gasteiger partial charge in [0, 0.05) is 11.6 Å². The summed E-state index contributed by atoms with van der Waals surface area (Å²) in [6, 6.07) is 5.04. The van der Waals surface area contributed by atoms with Crippen LogP contribution in [0.25, 0.3) is 10.2 Å². The van der Waals surface area contributed by atoms with Gasteiger partial charge in [-0.1, -0.05) is 0 Å². The summed E-state index contributed by atoms with van der Waals surface area (Å²) < 4.78 is 0.783. The Hall–Kier alpha value is -2.00. The molecule has 0 radical (unpaired) electrons. The summed E-state index contributed by atoms with van der Waals surface area (Å²) in [5.74, 6) is 0. The van der Waals surface area contributed by atoms with Gasteiger partial charge in [0.25, 0.3) is 5.69 Å². The maximum atomic E-state index is 10.8. The van der Waals surface area contributed by atoms with Crippen LogP contribution in [-0.2, 0) is 6.42 Å². The number of hydrogen-bond acceptors (Lipinski definition) is 5. The summed E-state index contributed by atoms with van der Waals surface area (Å²) in [6.07, 6.45) is 0.0306. The normalized spacial score (nSPS) is 10.2. The minimum atomic E-state index is -0.457. The van der Waals surface area contributed by atoms with Gasteiger partial charge in [-0.2, -0.15) is 5.26 Å². The van der Waals surface area contributed by atoms with E-state index in [1.165, 1.54) is 17.4 Å². The van der Waals surface area contributed by atoms with Crippen molar-refractivity contribution in [1.82, 2.24) is 4.98 Å². The smallest absolute Gasteiger partial charge is 0.258 e. The number of nitrogens with zero attached hydrogens (tertiary/aromatic N) is 3. The van der Waals surface area contributed by atoms with Gasteiger partial charge in [-0.15, -0.1) is 11.3 Å². The number of rotatable bonds is 2. The molecule has 0 amide bonds. The first-order chi connectivity index (χ1) is 7.61. The Bertz CT molecular complexity index is 612. The molecule has 1 heterocycles. The number of aryl methyl sites for hydroxylation is 1. The SMILES string of the molecule is Cc1nc2cc(CC#N)c([N+](=O)[O-])cc2s1. The van der Waals surface area contributed by atoms with Gasteiger partial charge in [0.2, 0.25) is 0 Å². The topological polar surface area (TPSA) is 79.8 Å². The van der Waals surface area contributed by atoms with Gasteiger partial charge in [0.15, 0.2) is 0 Å². The summed E-state index contributed by atoms with van der Waals surface area (Å²) in [5, 5.41) is 20.3. The largest absolute Gasteiger partial charge is 0.275 e. The van der Waals surface area contributed by atoms with Gasteiger partial charge in [-0.3, -0.25) is 10.1 Å². The van der Waals surface area contributed by atoms with Crippen molar-refractivity contribution in [3.63, 3.8) is 0 Å². The molecule has 0 bridgehead atoms. The standard InChI is InChI=1S/C10H7N3O2S/c1-6-12-8-4-7(2-3-11)9(13(14)15)5-10(8)16-6/h4-5H,2H2,1H3. The maximum Gasteiger partial charge on any atom is 0.275 e. The number of nitriles is 1. The molecule has 6 heteroatoms. The van der Waals surface area contributed by atoms with E-state index in [2.05, 4.69) is 4.98 Å². The van der Waals surface area contributed by atoms with Crippen molar-refractivity contribution in [2.75, 3.05) is 0 Å². The zero-order valence-electron chi connectivity index (χ0n) is 8.43. The third kappa shape index (κ3) is 1.73. The van der Waals surface area contributed by atoms with E-state index < -0.39 is 4.92 Å². The molecule has 0 aliphatic carbocycles. The number of nitro groups is 1. The summed E-state index contributed by atoms with van der Waals surface area (Å²) >= 11 is 1.41. The molecule has 80 valence electrons. The van der Waals surface area contributed by atoms with Crippen LogP contribution in [0.1, 0.15) is 10.6 Å². The van der Waals surface area contributed by atoms with E-state index >= 15 is 0 Å². The number of fused-ring (bicyclic) bond motifs is 1. The maximum absolute atomic E-state index is 10.8. The molecule has 2 aromatic rings. The minimum Gasteiger partial charge on any atom is -0.258 e. The van der Waals surface area contributed by atoms with Crippen LogP contribution in [0.3, 0.4) is 0 Å². The second-order valence-electron chi connectivity index (χ2n) is 3.27. The molecule has 2 rings (SSSR count). The monoisotopic (exact) mass is 233 g/mol. The summed E-state index contributed by atoms with van der Waals surface area (Å²) in [4.78, 5) is 14.6. The summed E-state index contributed by atoms with van der Waals surface area (Å²) in [6.45, 7) is 1.85. The van der Waals surface area contributed by atoms with Crippen LogP contribution in [0.2, 0.25) is 0 Å². The molecule has 0 saturated heterocycles. The van der Waals surface area contributed by atoms with Crippen LogP contribution >= 0.6 is 11.3 Å². The third-order valence-electron chi connectivity index (χ3n) is 2.16. The predicted octanol–water partition coefficient (Wildman–Crippen LogP) is 2.58. The fourth-order valence-electron chi connectivity index (χ4n) is 1.52. The molecular weight excluding hydrogens is 226 g/mol. The number of hydrogen-bond donors (Lipinski definition) is 0. The number of aromatic nitrogens is 1. The number of nitro benzene ring substituents is 1. The Morgan fingerprint density at radius 1 is 1.62 bits per heavy atom. The summed E-state index contributed by atoms with van der Waals surface area (Å²) in [7, 11) is 0. The van der Waals surface area contributed by atoms with Crippen LogP contribution in [-0.4, -0.2) is 9.91 Å². The first kappa shape index (κ1) is 10.5. The van der Waals surface area contributed by atoms with Crippen LogP contribution in [0.15, 0.2) is 12.1 Å². The molecule has 0 aliphatic heterocycles. The average Bonchev–Trinajstić information content (AvgIpc) is 2.56. The zero-order valence-corrected chi connectivity index (χ0v) is 9.24. The van der Waals surface area contributed by atoms with Crippen LogP contribution in [0, 0.1) is 28.4 Å². The van der Waals surface area contributed by atoms with Crippen molar-refractivity contribution < 1.29 is 4.92 Å². The lowest BCUT2D eigenvalue weighted by Gasteiger charge is -1.97. The van der Waals surface area contributed by atoms with Gasteiger partial charge in [-0.05, 0) is 13.0 Å². The van der Waals surface area contributed by atoms with Crippen LogP contribution < -0.4 is 0 Å². The fraction of sp³-hybridized carbons (Fsp3) is 0.200. The Kier molecular flexibility index (Phi) is 2.54. The highest BCUT2D eigenvalue weighted by atomic mass is 32.1. The van der Waals surface area contributed by atoms with Gasteiger partial charge >= 0.3 is 0 Å². The van der Waals surface area contributed by atoms with E-state index in [9.17, 15) is 10.1 Å². The molecule has 16 heavy (non-hydrogen) atoms. The Labute approximate surface area is 95.1 Å². The lowest BCUT2D eigenvalue weighted by Crippen LogP contribution is -1.94. The molecule has 5 nitrogen and oxygen atoms in total. The summed E-state index contributed by atoms with van der Waals surface area (Å²) in [5.41, 5.74) is 1.14. The molecule has 0 fully saturated rings. The second-order valence-corrected chi connectivity index (χ2v) is 4.51. The highest BCUT2D eigenvalue weighted by molar-refractivity contribution is 7.18. The van der Waals surface area contributed by atoms with Crippen molar-refractivity contribution in [3.05, 3.63) is 32.8 Å². The van der Waals surface area contributed by atoms with Gasteiger partial charge in [-0.25, -0.2) is 4.98 Å². The minimum absolute atomic E-state index is 0.00213. The van der Waals surface area contributed by atoms with Crippen molar-refractivity contribution in [3.8, 4) is 6.07 Å². The quantitative estimate of drug-likeness (QED) is 0.589. The third-order valence-corrected chi connectivity index (χ3v) is 3.10. The number of thiazole rings is 1. The van der Waals surface area contributed by atoms with E-state index in [0.717, 1.165) is 15.2 Å². The Balaban J connectivity index is 2.70. The van der Waals surface area contributed by atoms with Gasteiger partial charge in [0.05, 0.1) is 32.6 Å². The molecule has 0 N–H and O–H groups in total. The molecule has 0 aliphatic rings. The van der Waals surface area contributed by atoms with Gasteiger partial charge < -0.3 is 0 Å². The molecule has 1 aromatic carbocycles. The lowest BCUT2D eigenvalue weighted by atomic mass is 10.1. The van der Waals surface area contributed by atoms with E-state index in [0.29, 0.717) is 5.56 Å². The highest BCUT2D eigenvalue weighted by Crippen LogP contribution is 2.29. The van der Waals surface area contributed by atoms with E-state index in [1.807, 2.05) is 13.0 Å². The molecule has 0 unspecified atom stereocenters. The van der Waals surface area contributed by atoms with Crippen LogP contribution in [0.5, 0.6) is 0 Å². The van der Waals surface area contributed by atoms with E-state index in [4.69, 9.17) is 5.26 Å². The Morgan fingerprint density at radius 2 is 2.38 bits per heavy atom. The zero-order chi connectivity index (χ0) is 11.7. The first-order valence-electron chi connectivity index (χ1n) is 4.53. The van der Waals surface area contributed by atoms with E-state index in [-0.39, 0.29) is 12.1 Å². The molecule has 1 aromatic heterocycles. The molecule has 0 spiro atoms. The fourth-order valence-corrected chi connectivity index (χ4v) is 2.36. The first-order valence-corrected chi connectivity index (χ1v) is 5.35. The van der Waals surface area contributed by atoms with Crippen LogP contribution in [0.4, 0.5) is 5.69 Å². The second kappa shape index (κ2) is 3.87. The number of benzene rings is 1. The van der Waals surface area contributed by atoms with Crippen molar-refractivity contribution in [1.29, 1.82) is 5.26 Å². The highest BCUT2D eigenvalue weighted by Gasteiger charge is 2.16. The van der Waals surface area contributed by atoms with Crippen molar-refractivity contribution in [2.24, 2.45) is 0 Å². The van der Waals surface area contributed by atoms with Gasteiger partial charge in [0.1, 0.15) is 0 Å². The lowest BCUT2D eigenvalue weighted by molar-refractivity contribution is -0.385. The molecule has 0 atom stereocenters. The molecule has 0 saturated carbocycles. The van der Waals surface area contributed by atoms with Crippen molar-refractivity contribution >= 4 is 27.2 Å². The predicted molar refractivity (Wildman–Crippen MR) is 60.3 cm³/mol.